The number of hydrogen-bond acceptors (Lipinski definition) is 8. The second-order valence-electron chi connectivity index (χ2n) is 8.86. The zero-order valence-corrected chi connectivity index (χ0v) is 20.8. The van der Waals surface area contributed by atoms with Crippen molar-refractivity contribution in [3.8, 4) is 5.75 Å². The van der Waals surface area contributed by atoms with Crippen molar-refractivity contribution in [2.45, 2.75) is 51.0 Å². The van der Waals surface area contributed by atoms with Gasteiger partial charge in [0.1, 0.15) is 5.75 Å². The number of carbonyl (C=O) groups excluding carboxylic acids is 2. The van der Waals surface area contributed by atoms with Crippen LogP contribution in [-0.2, 0) is 25.5 Å². The Morgan fingerprint density at radius 1 is 1.22 bits per heavy atom. The summed E-state index contributed by atoms with van der Waals surface area (Å²) in [6.07, 6.45) is 12.7. The number of nitrogens with zero attached hydrogens (tertiary/aromatic N) is 2. The summed E-state index contributed by atoms with van der Waals surface area (Å²) in [5.41, 5.74) is 6.98. The molecule has 1 amide bonds. The van der Waals surface area contributed by atoms with E-state index in [-0.39, 0.29) is 37.4 Å². The van der Waals surface area contributed by atoms with Crippen LogP contribution >= 0.6 is 0 Å². The number of piperidine rings is 1. The molecule has 2 aliphatic rings. The van der Waals surface area contributed by atoms with Gasteiger partial charge in [-0.3, -0.25) is 4.79 Å². The van der Waals surface area contributed by atoms with E-state index in [4.69, 9.17) is 20.0 Å². The third kappa shape index (κ3) is 9.13. The standard InChI is InChI=1S/C27H37N3O6/c28-13-7-17-34-24-9-2-5-16-35-27(33)25-12-11-23(31)19-21(25)18-22(8-6-10-24)29-36-20-26(32)30-14-3-1-4-15-30/h2,6,8-9,11-12,19,24,31H,1,3-5,7,10,13-18,20,28H2/b8-6+,9-2+,29-22-. The molecule has 1 unspecified atom stereocenters. The lowest BCUT2D eigenvalue weighted by Gasteiger charge is -2.26. The first-order valence-corrected chi connectivity index (χ1v) is 12.7. The number of phenols is 1. The predicted octanol–water partition coefficient (Wildman–Crippen LogP) is 3.12. The lowest BCUT2D eigenvalue weighted by molar-refractivity contribution is -0.137. The second-order valence-corrected chi connectivity index (χ2v) is 8.86. The van der Waals surface area contributed by atoms with E-state index >= 15 is 0 Å². The maximum atomic E-state index is 12.7. The highest BCUT2D eigenvalue weighted by Gasteiger charge is 2.18. The third-order valence-corrected chi connectivity index (χ3v) is 5.99. The molecule has 0 radical (unpaired) electrons. The van der Waals surface area contributed by atoms with E-state index < -0.39 is 5.97 Å². The zero-order valence-electron chi connectivity index (χ0n) is 20.8. The van der Waals surface area contributed by atoms with Crippen LogP contribution in [0.5, 0.6) is 5.75 Å². The van der Waals surface area contributed by atoms with Crippen molar-refractivity contribution in [1.29, 1.82) is 0 Å². The molecule has 2 aliphatic heterocycles. The second kappa shape index (κ2) is 15.1. The van der Waals surface area contributed by atoms with Gasteiger partial charge in [-0.1, -0.05) is 23.4 Å². The molecule has 9 heteroatoms. The van der Waals surface area contributed by atoms with E-state index in [2.05, 4.69) is 5.16 Å². The number of allylic oxidation sites excluding steroid dienone is 1. The predicted molar refractivity (Wildman–Crippen MR) is 137 cm³/mol. The highest BCUT2D eigenvalue weighted by Crippen LogP contribution is 2.20. The van der Waals surface area contributed by atoms with Crippen LogP contribution < -0.4 is 5.73 Å². The van der Waals surface area contributed by atoms with Crippen molar-refractivity contribution in [2.24, 2.45) is 10.9 Å². The van der Waals surface area contributed by atoms with Crippen molar-refractivity contribution < 1.29 is 29.0 Å². The summed E-state index contributed by atoms with van der Waals surface area (Å²) >= 11 is 0. The van der Waals surface area contributed by atoms with E-state index in [1.807, 2.05) is 18.2 Å². The average Bonchev–Trinajstić information content (AvgIpc) is 2.88. The molecule has 1 aromatic rings. The van der Waals surface area contributed by atoms with Crippen LogP contribution in [0.4, 0.5) is 0 Å². The monoisotopic (exact) mass is 499 g/mol. The molecular weight excluding hydrogens is 462 g/mol. The Kier molecular flexibility index (Phi) is 11.5. The third-order valence-electron chi connectivity index (χ3n) is 5.99. The van der Waals surface area contributed by atoms with Gasteiger partial charge < -0.3 is 30.1 Å². The lowest BCUT2D eigenvalue weighted by atomic mass is 10.0. The molecule has 3 N–H and O–H groups in total. The largest absolute Gasteiger partial charge is 0.508 e. The first-order valence-electron chi connectivity index (χ1n) is 12.7. The number of esters is 1. The Morgan fingerprint density at radius 3 is 2.86 bits per heavy atom. The number of aromatic hydroxyl groups is 1. The van der Waals surface area contributed by atoms with Gasteiger partial charge in [-0.05, 0) is 74.9 Å². The van der Waals surface area contributed by atoms with Gasteiger partial charge in [0.15, 0.2) is 6.61 Å². The maximum absolute atomic E-state index is 12.7. The number of fused-ring (bicyclic) bond motifs is 1. The molecule has 0 spiro atoms. The highest BCUT2D eigenvalue weighted by atomic mass is 16.6. The number of oxime groups is 1. The van der Waals surface area contributed by atoms with Crippen molar-refractivity contribution in [3.05, 3.63) is 53.6 Å². The number of benzene rings is 1. The van der Waals surface area contributed by atoms with Crippen molar-refractivity contribution >= 4 is 17.6 Å². The number of ether oxygens (including phenoxy) is 2. The SMILES string of the molecule is NCCCOC1/C=C/CCOC(=O)c2ccc(O)cc2CC(=N\OCC(=O)N2CCCCC2)/C=C/C1. The summed E-state index contributed by atoms with van der Waals surface area (Å²) in [6, 6.07) is 4.51. The minimum absolute atomic E-state index is 0.0310. The van der Waals surface area contributed by atoms with Crippen LogP contribution in [0.2, 0.25) is 0 Å². The van der Waals surface area contributed by atoms with Crippen molar-refractivity contribution in [3.63, 3.8) is 0 Å². The number of rotatable bonds is 7. The van der Waals surface area contributed by atoms with Gasteiger partial charge >= 0.3 is 5.97 Å². The Labute approximate surface area is 212 Å². The summed E-state index contributed by atoms with van der Waals surface area (Å²) in [5.74, 6) is -0.539. The number of nitrogens with two attached hydrogens (primary N) is 1. The number of hydrogen-bond donors (Lipinski definition) is 2. The topological polar surface area (TPSA) is 124 Å². The van der Waals surface area contributed by atoms with Crippen LogP contribution in [-0.4, -0.2) is 73.2 Å². The average molecular weight is 500 g/mol. The Morgan fingerprint density at radius 2 is 2.06 bits per heavy atom. The molecule has 36 heavy (non-hydrogen) atoms. The van der Waals surface area contributed by atoms with Gasteiger partial charge in [-0.15, -0.1) is 0 Å². The number of cyclic esters (lactones) is 1. The summed E-state index contributed by atoms with van der Waals surface area (Å²) in [6.45, 7) is 2.66. The summed E-state index contributed by atoms with van der Waals surface area (Å²) < 4.78 is 11.3. The van der Waals surface area contributed by atoms with E-state index in [9.17, 15) is 14.7 Å². The Hall–Kier alpha value is -3.17. The molecule has 196 valence electrons. The van der Waals surface area contributed by atoms with Crippen LogP contribution in [0, 0.1) is 0 Å². The van der Waals surface area contributed by atoms with Gasteiger partial charge in [0.05, 0.1) is 24.0 Å². The van der Waals surface area contributed by atoms with Gasteiger partial charge in [0.2, 0.25) is 0 Å². The van der Waals surface area contributed by atoms with Crippen LogP contribution in [0.25, 0.3) is 0 Å². The number of carbonyl (C=O) groups is 2. The summed E-state index contributed by atoms with van der Waals surface area (Å²) in [5, 5.41) is 14.3. The van der Waals surface area contributed by atoms with Crippen LogP contribution in [0.15, 0.2) is 47.7 Å². The smallest absolute Gasteiger partial charge is 0.338 e. The highest BCUT2D eigenvalue weighted by molar-refractivity contribution is 5.99. The lowest BCUT2D eigenvalue weighted by Crippen LogP contribution is -2.37. The fraction of sp³-hybridized carbons (Fsp3) is 0.519. The molecule has 0 aliphatic carbocycles. The van der Waals surface area contributed by atoms with E-state index in [1.165, 1.54) is 18.2 Å². The Bertz CT molecular complexity index is 953. The van der Waals surface area contributed by atoms with Crippen molar-refractivity contribution in [2.75, 3.05) is 39.5 Å². The molecular formula is C27H37N3O6. The summed E-state index contributed by atoms with van der Waals surface area (Å²) in [4.78, 5) is 32.4. The fourth-order valence-corrected chi connectivity index (χ4v) is 4.05. The van der Waals surface area contributed by atoms with Crippen LogP contribution in [0.1, 0.15) is 54.4 Å². The first-order chi connectivity index (χ1) is 17.6. The normalized spacial score (nSPS) is 22.2. The molecule has 2 heterocycles. The molecule has 3 rings (SSSR count). The minimum Gasteiger partial charge on any atom is -0.508 e. The molecule has 9 nitrogen and oxygen atoms in total. The van der Waals surface area contributed by atoms with Gasteiger partial charge in [-0.2, -0.15) is 0 Å². The number of likely N-dealkylation sites (tertiary alicyclic amines) is 1. The van der Waals surface area contributed by atoms with E-state index in [0.29, 0.717) is 42.8 Å². The van der Waals surface area contributed by atoms with E-state index in [1.54, 1.807) is 11.0 Å². The van der Waals surface area contributed by atoms with Gasteiger partial charge in [-0.25, -0.2) is 4.79 Å². The van der Waals surface area contributed by atoms with E-state index in [0.717, 1.165) is 38.8 Å². The van der Waals surface area contributed by atoms with Crippen LogP contribution in [0.3, 0.4) is 0 Å². The van der Waals surface area contributed by atoms with Crippen molar-refractivity contribution in [1.82, 2.24) is 4.90 Å². The van der Waals surface area contributed by atoms with Gasteiger partial charge in [0, 0.05) is 26.1 Å². The molecule has 1 saturated heterocycles. The van der Waals surface area contributed by atoms with Gasteiger partial charge in [0.25, 0.3) is 5.91 Å². The maximum Gasteiger partial charge on any atom is 0.338 e. The molecule has 0 bridgehead atoms. The molecule has 0 aromatic heterocycles. The quantitative estimate of drug-likeness (QED) is 0.256. The Balaban J connectivity index is 1.78. The molecule has 0 saturated carbocycles. The molecule has 1 aromatic carbocycles. The molecule has 1 fully saturated rings. The fourth-order valence-electron chi connectivity index (χ4n) is 4.05. The number of phenolic OH excluding ortho intramolecular Hbond substituents is 1. The number of amides is 1. The first kappa shape index (κ1) is 27.4. The molecule has 1 atom stereocenters. The zero-order chi connectivity index (χ0) is 25.6. The minimum atomic E-state index is -0.476. The summed E-state index contributed by atoms with van der Waals surface area (Å²) in [7, 11) is 0.